The van der Waals surface area contributed by atoms with E-state index < -0.39 is 6.42 Å². The predicted octanol–water partition coefficient (Wildman–Crippen LogP) is 3.00. The van der Waals surface area contributed by atoms with Gasteiger partial charge in [-0.2, -0.15) is 0 Å². The number of hydrogen-bond acceptors (Lipinski definition) is 2. The lowest BCUT2D eigenvalue weighted by Gasteiger charge is -2.22. The number of para-hydroxylation sites is 1. The van der Waals surface area contributed by atoms with Crippen LogP contribution in [0.4, 0.5) is 0 Å². The number of nitrogens with one attached hydrogen (secondary N) is 1. The predicted molar refractivity (Wildman–Crippen MR) is 65.6 cm³/mol. The molecule has 0 bridgehead atoms. The van der Waals surface area contributed by atoms with Gasteiger partial charge in [-0.25, -0.2) is 0 Å². The van der Waals surface area contributed by atoms with Crippen molar-refractivity contribution in [1.29, 1.82) is 0 Å². The lowest BCUT2D eigenvalue weighted by molar-refractivity contribution is 0.586. The van der Waals surface area contributed by atoms with Crippen molar-refractivity contribution in [3.8, 4) is 5.75 Å². The van der Waals surface area contributed by atoms with Crippen molar-refractivity contribution >= 4 is 18.2 Å². The number of hydrogen-bond donors (Lipinski definition) is 1. The Morgan fingerprint density at radius 3 is 2.36 bits per heavy atom. The molecule has 0 amide bonds. The summed E-state index contributed by atoms with van der Waals surface area (Å²) in [5.74, 6) is 0.839. The molecule has 0 spiro atoms. The highest BCUT2D eigenvalue weighted by atomic mass is 32.4. The number of benzene rings is 1. The molecular formula is C10H16NOPS. The van der Waals surface area contributed by atoms with Crippen LogP contribution in [0.3, 0.4) is 0 Å². The van der Waals surface area contributed by atoms with Gasteiger partial charge in [0, 0.05) is 12.7 Å². The summed E-state index contributed by atoms with van der Waals surface area (Å²) in [7, 11) is 0. The van der Waals surface area contributed by atoms with Crippen molar-refractivity contribution in [2.45, 2.75) is 19.9 Å². The van der Waals surface area contributed by atoms with Crippen LogP contribution < -0.4 is 9.61 Å². The molecule has 0 aliphatic carbocycles. The van der Waals surface area contributed by atoms with Crippen LogP contribution in [-0.4, -0.2) is 12.7 Å². The van der Waals surface area contributed by atoms with E-state index in [1.165, 1.54) is 0 Å². The van der Waals surface area contributed by atoms with Gasteiger partial charge in [0.05, 0.1) is 0 Å². The van der Waals surface area contributed by atoms with Gasteiger partial charge in [-0.3, -0.25) is 5.09 Å². The van der Waals surface area contributed by atoms with Gasteiger partial charge in [0.25, 0.3) is 0 Å². The molecule has 0 radical (unpaired) electrons. The molecule has 1 atom stereocenters. The minimum atomic E-state index is -1.89. The number of rotatable bonds is 4. The van der Waals surface area contributed by atoms with Crippen molar-refractivity contribution in [2.75, 3.05) is 6.66 Å². The van der Waals surface area contributed by atoms with Crippen molar-refractivity contribution in [2.24, 2.45) is 0 Å². The van der Waals surface area contributed by atoms with Gasteiger partial charge in [-0.1, -0.05) is 18.2 Å². The fourth-order valence-corrected chi connectivity index (χ4v) is 3.58. The summed E-state index contributed by atoms with van der Waals surface area (Å²) in [4.78, 5) is 0. The zero-order chi connectivity index (χ0) is 10.6. The van der Waals surface area contributed by atoms with E-state index in [1.54, 1.807) is 0 Å². The van der Waals surface area contributed by atoms with Crippen molar-refractivity contribution in [3.05, 3.63) is 30.3 Å². The molecule has 0 aliphatic heterocycles. The molecule has 78 valence electrons. The van der Waals surface area contributed by atoms with Crippen LogP contribution in [0.25, 0.3) is 0 Å². The van der Waals surface area contributed by atoms with Crippen LogP contribution in [0.15, 0.2) is 30.3 Å². The summed E-state index contributed by atoms with van der Waals surface area (Å²) in [5, 5.41) is 3.27. The third-order valence-electron chi connectivity index (χ3n) is 1.52. The molecule has 1 unspecified atom stereocenters. The zero-order valence-electron chi connectivity index (χ0n) is 8.73. The summed E-state index contributed by atoms with van der Waals surface area (Å²) in [5.41, 5.74) is 0. The van der Waals surface area contributed by atoms with Crippen LogP contribution in [0.2, 0.25) is 0 Å². The first-order valence-corrected chi connectivity index (χ1v) is 7.76. The molecular weight excluding hydrogens is 213 g/mol. The third-order valence-corrected chi connectivity index (χ3v) is 3.60. The Morgan fingerprint density at radius 2 is 1.86 bits per heavy atom. The Morgan fingerprint density at radius 1 is 1.29 bits per heavy atom. The Kier molecular flexibility index (Phi) is 4.11. The van der Waals surface area contributed by atoms with E-state index in [9.17, 15) is 0 Å². The van der Waals surface area contributed by atoms with E-state index in [0.29, 0.717) is 6.04 Å². The second-order valence-electron chi connectivity index (χ2n) is 3.53. The molecule has 1 N–H and O–H groups in total. The molecule has 0 aromatic heterocycles. The van der Waals surface area contributed by atoms with Gasteiger partial charge in [-0.15, -0.1) is 0 Å². The minimum Gasteiger partial charge on any atom is -0.454 e. The summed E-state index contributed by atoms with van der Waals surface area (Å²) >= 11 is 5.38. The van der Waals surface area contributed by atoms with Crippen LogP contribution in [0.5, 0.6) is 5.75 Å². The van der Waals surface area contributed by atoms with Crippen LogP contribution in [0, 0.1) is 0 Å². The van der Waals surface area contributed by atoms with Gasteiger partial charge in [-0.05, 0) is 37.8 Å². The van der Waals surface area contributed by atoms with Crippen LogP contribution >= 0.6 is 6.42 Å². The second-order valence-corrected chi connectivity index (χ2v) is 7.76. The first kappa shape index (κ1) is 11.7. The molecule has 0 saturated heterocycles. The average Bonchev–Trinajstić information content (AvgIpc) is 2.02. The largest absolute Gasteiger partial charge is 0.454 e. The first-order valence-electron chi connectivity index (χ1n) is 4.59. The molecule has 1 aromatic rings. The molecule has 0 saturated carbocycles. The summed E-state index contributed by atoms with van der Waals surface area (Å²) in [6.45, 7) is 6.09. The maximum Gasteiger partial charge on any atom is 0.175 e. The van der Waals surface area contributed by atoms with Gasteiger partial charge in [0.1, 0.15) is 5.75 Å². The summed E-state index contributed by atoms with van der Waals surface area (Å²) < 4.78 is 5.73. The zero-order valence-corrected chi connectivity index (χ0v) is 10.4. The van der Waals surface area contributed by atoms with E-state index in [2.05, 4.69) is 18.9 Å². The summed E-state index contributed by atoms with van der Waals surface area (Å²) in [6, 6.07) is 10.1. The van der Waals surface area contributed by atoms with Gasteiger partial charge >= 0.3 is 0 Å². The smallest absolute Gasteiger partial charge is 0.175 e. The molecule has 2 nitrogen and oxygen atoms in total. The first-order chi connectivity index (χ1) is 6.49. The SMILES string of the molecule is CC(C)NP(C)(=S)Oc1ccccc1. The lowest BCUT2D eigenvalue weighted by atomic mass is 10.3. The molecule has 1 rings (SSSR count). The molecule has 0 fully saturated rings. The van der Waals surface area contributed by atoms with Crippen LogP contribution in [0.1, 0.15) is 13.8 Å². The lowest BCUT2D eigenvalue weighted by Crippen LogP contribution is -2.21. The average molecular weight is 229 g/mol. The van der Waals surface area contributed by atoms with E-state index in [4.69, 9.17) is 16.3 Å². The molecule has 0 aliphatic rings. The highest BCUT2D eigenvalue weighted by Gasteiger charge is 2.12. The Labute approximate surface area is 90.8 Å². The Balaban J connectivity index is 2.64. The van der Waals surface area contributed by atoms with Gasteiger partial charge < -0.3 is 4.52 Å². The quantitative estimate of drug-likeness (QED) is 0.802. The summed E-state index contributed by atoms with van der Waals surface area (Å²) in [6.07, 6.45) is -1.89. The highest BCUT2D eigenvalue weighted by Crippen LogP contribution is 2.39. The van der Waals surface area contributed by atoms with E-state index in [1.807, 2.05) is 37.0 Å². The molecule has 14 heavy (non-hydrogen) atoms. The Bertz CT molecular complexity index is 326. The molecule has 4 heteroatoms. The Hall–Kier alpha value is -0.370. The minimum absolute atomic E-state index is 0.356. The van der Waals surface area contributed by atoms with Crippen molar-refractivity contribution < 1.29 is 4.52 Å². The van der Waals surface area contributed by atoms with E-state index >= 15 is 0 Å². The fraction of sp³-hybridized carbons (Fsp3) is 0.400. The normalized spacial score (nSPS) is 15.1. The standard InChI is InChI=1S/C10H16NOPS/c1-9(2)11-13(3,14)12-10-7-5-4-6-8-10/h4-9H,1-3H3,(H,11,14). The second kappa shape index (κ2) is 4.92. The maximum absolute atomic E-state index is 5.73. The van der Waals surface area contributed by atoms with Crippen LogP contribution in [-0.2, 0) is 11.8 Å². The topological polar surface area (TPSA) is 21.3 Å². The molecule has 1 aromatic carbocycles. The van der Waals surface area contributed by atoms with E-state index in [0.717, 1.165) is 5.75 Å². The van der Waals surface area contributed by atoms with E-state index in [-0.39, 0.29) is 0 Å². The van der Waals surface area contributed by atoms with Gasteiger partial charge in [0.15, 0.2) is 6.42 Å². The van der Waals surface area contributed by atoms with Gasteiger partial charge in [0.2, 0.25) is 0 Å². The maximum atomic E-state index is 5.73. The van der Waals surface area contributed by atoms with Crippen molar-refractivity contribution in [3.63, 3.8) is 0 Å². The van der Waals surface area contributed by atoms with Crippen molar-refractivity contribution in [1.82, 2.24) is 5.09 Å². The third kappa shape index (κ3) is 4.23. The fourth-order valence-electron chi connectivity index (χ4n) is 1.18. The monoisotopic (exact) mass is 229 g/mol. The molecule has 0 heterocycles. The highest BCUT2D eigenvalue weighted by molar-refractivity contribution is 8.11.